The van der Waals surface area contributed by atoms with Crippen LogP contribution in [0.2, 0.25) is 0 Å². The van der Waals surface area contributed by atoms with E-state index in [0.717, 1.165) is 0 Å². The van der Waals surface area contributed by atoms with Gasteiger partial charge in [0.15, 0.2) is 0 Å². The average molecular weight is 326 g/mol. The predicted octanol–water partition coefficient (Wildman–Crippen LogP) is 6.28. The highest BCUT2D eigenvalue weighted by molar-refractivity contribution is 5.55. The minimum absolute atomic E-state index is 0.0268. The van der Waals surface area contributed by atoms with Gasteiger partial charge in [-0.3, -0.25) is 0 Å². The molecule has 25 heavy (non-hydrogen) atoms. The number of fused-ring (bicyclic) bond motifs is 1. The summed E-state index contributed by atoms with van der Waals surface area (Å²) in [7, 11) is 0. The van der Waals surface area contributed by atoms with E-state index in [0.29, 0.717) is 0 Å². The summed E-state index contributed by atoms with van der Waals surface area (Å²) in [6.07, 6.45) is 3.60. The maximum Gasteiger partial charge on any atom is 0.0454 e. The van der Waals surface area contributed by atoms with E-state index >= 15 is 0 Å². The zero-order valence-electron chi connectivity index (χ0n) is 15.5. The van der Waals surface area contributed by atoms with Crippen molar-refractivity contribution in [2.24, 2.45) is 0 Å². The second-order valence-electron chi connectivity index (χ2n) is 7.65. The molecule has 4 rings (SSSR count). The van der Waals surface area contributed by atoms with Crippen LogP contribution in [0.1, 0.15) is 51.8 Å². The van der Waals surface area contributed by atoms with Crippen molar-refractivity contribution in [1.82, 2.24) is 0 Å². The lowest BCUT2D eigenvalue weighted by molar-refractivity contribution is 0.497. The molecule has 0 aromatic heterocycles. The van der Waals surface area contributed by atoms with Crippen LogP contribution in [0.5, 0.6) is 0 Å². The average Bonchev–Trinajstić information content (AvgIpc) is 2.62. The molecule has 3 aromatic carbocycles. The Bertz CT molecular complexity index is 837. The fourth-order valence-electron chi connectivity index (χ4n) is 4.43. The van der Waals surface area contributed by atoms with E-state index in [1.807, 2.05) is 0 Å². The van der Waals surface area contributed by atoms with Crippen molar-refractivity contribution >= 4 is 0 Å². The summed E-state index contributed by atoms with van der Waals surface area (Å²) in [6.45, 7) is 6.55. The Morgan fingerprint density at radius 3 is 1.72 bits per heavy atom. The summed E-state index contributed by atoms with van der Waals surface area (Å²) in [5, 5.41) is 0. The number of hydrogen-bond donors (Lipinski definition) is 0. The molecule has 0 spiro atoms. The van der Waals surface area contributed by atoms with Crippen LogP contribution in [0.25, 0.3) is 0 Å². The standard InChI is InChI=1S/C25H26/c1-18-7-12-22(13-8-18)25(23-14-9-19(2)10-15-23)16-4-5-21-11-6-20(3)17-24(21)25/h6-15,17H,4-5,16H2,1-3H3. The van der Waals surface area contributed by atoms with Crippen molar-refractivity contribution in [2.75, 3.05) is 0 Å². The number of hydrogen-bond acceptors (Lipinski definition) is 0. The molecule has 126 valence electrons. The highest BCUT2D eigenvalue weighted by Crippen LogP contribution is 2.48. The van der Waals surface area contributed by atoms with Crippen molar-refractivity contribution in [3.8, 4) is 0 Å². The van der Waals surface area contributed by atoms with Crippen molar-refractivity contribution in [3.05, 3.63) is 106 Å². The maximum absolute atomic E-state index is 2.42. The van der Waals surface area contributed by atoms with Gasteiger partial charge in [0.05, 0.1) is 0 Å². The Labute approximate surface area is 151 Å². The fourth-order valence-corrected chi connectivity index (χ4v) is 4.43. The summed E-state index contributed by atoms with van der Waals surface area (Å²) in [4.78, 5) is 0. The summed E-state index contributed by atoms with van der Waals surface area (Å²) in [6, 6.07) is 25.4. The third kappa shape index (κ3) is 2.70. The molecule has 0 nitrogen and oxygen atoms in total. The van der Waals surface area contributed by atoms with Gasteiger partial charge in [-0.15, -0.1) is 0 Å². The van der Waals surface area contributed by atoms with Gasteiger partial charge < -0.3 is 0 Å². The molecule has 0 saturated heterocycles. The molecule has 0 radical (unpaired) electrons. The highest BCUT2D eigenvalue weighted by atomic mass is 14.4. The lowest BCUT2D eigenvalue weighted by atomic mass is 9.62. The summed E-state index contributed by atoms with van der Waals surface area (Å²) >= 11 is 0. The molecule has 3 aromatic rings. The number of benzene rings is 3. The van der Waals surface area contributed by atoms with Crippen molar-refractivity contribution in [1.29, 1.82) is 0 Å². The summed E-state index contributed by atoms with van der Waals surface area (Å²) in [5.74, 6) is 0. The summed E-state index contributed by atoms with van der Waals surface area (Å²) < 4.78 is 0. The van der Waals surface area contributed by atoms with Crippen molar-refractivity contribution < 1.29 is 0 Å². The normalized spacial score (nSPS) is 15.6. The van der Waals surface area contributed by atoms with Gasteiger partial charge in [-0.2, -0.15) is 0 Å². The van der Waals surface area contributed by atoms with Crippen molar-refractivity contribution in [2.45, 2.75) is 45.4 Å². The monoisotopic (exact) mass is 326 g/mol. The van der Waals surface area contributed by atoms with Crippen LogP contribution >= 0.6 is 0 Å². The smallest absolute Gasteiger partial charge is 0.0454 e. The first-order valence-electron chi connectivity index (χ1n) is 9.34. The lowest BCUT2D eigenvalue weighted by Gasteiger charge is -2.41. The minimum atomic E-state index is -0.0268. The Morgan fingerprint density at radius 1 is 0.640 bits per heavy atom. The van der Waals surface area contributed by atoms with Crippen LogP contribution in [0.3, 0.4) is 0 Å². The zero-order chi connectivity index (χ0) is 17.4. The van der Waals surface area contributed by atoms with E-state index in [2.05, 4.69) is 87.5 Å². The van der Waals surface area contributed by atoms with Gasteiger partial charge in [-0.1, -0.05) is 83.4 Å². The molecule has 0 amide bonds. The third-order valence-corrected chi connectivity index (χ3v) is 5.81. The van der Waals surface area contributed by atoms with Crippen LogP contribution in [0.15, 0.2) is 66.7 Å². The molecular formula is C25H26. The van der Waals surface area contributed by atoms with Gasteiger partial charge >= 0.3 is 0 Å². The van der Waals surface area contributed by atoms with E-state index in [-0.39, 0.29) is 5.41 Å². The van der Waals surface area contributed by atoms with Crippen molar-refractivity contribution in [3.63, 3.8) is 0 Å². The van der Waals surface area contributed by atoms with E-state index in [9.17, 15) is 0 Å². The largest absolute Gasteiger partial charge is 0.0590 e. The van der Waals surface area contributed by atoms with Gasteiger partial charge in [-0.05, 0) is 62.3 Å². The first kappa shape index (κ1) is 16.1. The molecule has 0 atom stereocenters. The molecule has 0 saturated carbocycles. The quantitative estimate of drug-likeness (QED) is 0.519. The first-order chi connectivity index (χ1) is 12.1. The van der Waals surface area contributed by atoms with Crippen LogP contribution in [-0.2, 0) is 11.8 Å². The minimum Gasteiger partial charge on any atom is -0.0590 e. The Balaban J connectivity index is 2.03. The SMILES string of the molecule is Cc1ccc(C2(c3ccc(C)cc3)CCCc3ccc(C)cc32)cc1. The molecule has 0 fully saturated rings. The Kier molecular flexibility index (Phi) is 4.00. The van der Waals surface area contributed by atoms with E-state index in [4.69, 9.17) is 0 Å². The summed E-state index contributed by atoms with van der Waals surface area (Å²) in [5.41, 5.74) is 9.84. The number of aryl methyl sites for hydroxylation is 4. The third-order valence-electron chi connectivity index (χ3n) is 5.81. The van der Waals surface area contributed by atoms with Crippen LogP contribution < -0.4 is 0 Å². The highest BCUT2D eigenvalue weighted by Gasteiger charge is 2.39. The molecule has 0 unspecified atom stereocenters. The van der Waals surface area contributed by atoms with Gasteiger partial charge in [0.1, 0.15) is 0 Å². The Hall–Kier alpha value is -2.34. The second kappa shape index (κ2) is 6.19. The maximum atomic E-state index is 2.42. The zero-order valence-corrected chi connectivity index (χ0v) is 15.5. The van der Waals surface area contributed by atoms with E-state index < -0.39 is 0 Å². The fraction of sp³-hybridized carbons (Fsp3) is 0.280. The molecule has 0 heteroatoms. The van der Waals surface area contributed by atoms with Crippen LogP contribution in [0.4, 0.5) is 0 Å². The van der Waals surface area contributed by atoms with Crippen LogP contribution in [-0.4, -0.2) is 0 Å². The Morgan fingerprint density at radius 2 is 1.16 bits per heavy atom. The molecule has 0 aliphatic heterocycles. The van der Waals surface area contributed by atoms with Crippen LogP contribution in [0, 0.1) is 20.8 Å². The molecular weight excluding hydrogens is 300 g/mol. The first-order valence-corrected chi connectivity index (χ1v) is 9.34. The molecule has 0 bridgehead atoms. The van der Waals surface area contributed by atoms with Gasteiger partial charge in [0, 0.05) is 5.41 Å². The molecule has 0 heterocycles. The van der Waals surface area contributed by atoms with Gasteiger partial charge in [-0.25, -0.2) is 0 Å². The van der Waals surface area contributed by atoms with E-state index in [1.165, 1.54) is 58.2 Å². The molecule has 0 N–H and O–H groups in total. The second-order valence-corrected chi connectivity index (χ2v) is 7.65. The van der Waals surface area contributed by atoms with Gasteiger partial charge in [0.2, 0.25) is 0 Å². The topological polar surface area (TPSA) is 0 Å². The molecule has 1 aliphatic carbocycles. The lowest BCUT2D eigenvalue weighted by Crippen LogP contribution is -2.33. The number of rotatable bonds is 2. The van der Waals surface area contributed by atoms with Gasteiger partial charge in [0.25, 0.3) is 0 Å². The van der Waals surface area contributed by atoms with E-state index in [1.54, 1.807) is 0 Å². The predicted molar refractivity (Wildman–Crippen MR) is 106 cm³/mol. The molecule has 1 aliphatic rings.